The number of nitrogen functional groups attached to an aromatic ring is 1. The van der Waals surface area contributed by atoms with Crippen LogP contribution in [0.25, 0.3) is 10.8 Å². The molecule has 0 fully saturated rings. The van der Waals surface area contributed by atoms with Crippen LogP contribution in [0.3, 0.4) is 0 Å². The Morgan fingerprint density at radius 2 is 1.56 bits per heavy atom. The number of anilines is 1. The van der Waals surface area contributed by atoms with Crippen LogP contribution < -0.4 is 5.73 Å². The first-order valence-electron chi connectivity index (χ1n) is 6.93. The fourth-order valence-corrected chi connectivity index (χ4v) is 3.03. The Morgan fingerprint density at radius 3 is 2.20 bits per heavy atom. The molecule has 25 heavy (non-hydrogen) atoms. The molecule has 0 bridgehead atoms. The molecule has 3 aromatic rings. The van der Waals surface area contributed by atoms with Crippen molar-refractivity contribution in [3.05, 3.63) is 60.2 Å². The van der Waals surface area contributed by atoms with Gasteiger partial charge in [-0.1, -0.05) is 24.3 Å². The van der Waals surface area contributed by atoms with Crippen LogP contribution in [-0.4, -0.2) is 13.0 Å². The van der Waals surface area contributed by atoms with Crippen molar-refractivity contribution in [2.75, 3.05) is 5.73 Å². The van der Waals surface area contributed by atoms with Gasteiger partial charge in [-0.3, -0.25) is 4.55 Å². The second-order valence-corrected chi connectivity index (χ2v) is 6.51. The van der Waals surface area contributed by atoms with Crippen molar-refractivity contribution in [3.8, 4) is 0 Å². The summed E-state index contributed by atoms with van der Waals surface area (Å²) in [5.41, 5.74) is 5.76. The minimum Gasteiger partial charge on any atom is -0.396 e. The normalized spacial score (nSPS) is 12.1. The first-order valence-corrected chi connectivity index (χ1v) is 8.37. The lowest BCUT2D eigenvalue weighted by Gasteiger charge is -2.09. The van der Waals surface area contributed by atoms with Gasteiger partial charge in [0.25, 0.3) is 10.1 Å². The maximum absolute atomic E-state index is 13.6. The zero-order valence-electron chi connectivity index (χ0n) is 12.5. The van der Waals surface area contributed by atoms with Crippen molar-refractivity contribution in [1.82, 2.24) is 0 Å². The average Bonchev–Trinajstić information content (AvgIpc) is 2.54. The van der Waals surface area contributed by atoms with E-state index in [0.717, 1.165) is 18.2 Å². The molecule has 0 atom stereocenters. The molecule has 0 saturated heterocycles. The third kappa shape index (κ3) is 3.32. The van der Waals surface area contributed by atoms with Gasteiger partial charge >= 0.3 is 0 Å². The first kappa shape index (κ1) is 16.9. The van der Waals surface area contributed by atoms with Crippen molar-refractivity contribution >= 4 is 38.0 Å². The second-order valence-electron chi connectivity index (χ2n) is 5.12. The molecule has 3 aromatic carbocycles. The van der Waals surface area contributed by atoms with E-state index < -0.39 is 26.6 Å². The predicted octanol–water partition coefficient (Wildman–Crippen LogP) is 4.36. The van der Waals surface area contributed by atoms with Crippen molar-refractivity contribution in [3.63, 3.8) is 0 Å². The summed E-state index contributed by atoms with van der Waals surface area (Å²) >= 11 is 0. The van der Waals surface area contributed by atoms with E-state index in [1.54, 1.807) is 18.2 Å². The van der Waals surface area contributed by atoms with Gasteiger partial charge in [0.05, 0.1) is 5.69 Å². The zero-order valence-corrected chi connectivity index (χ0v) is 13.3. The minimum absolute atomic E-state index is 0.0740. The summed E-state index contributed by atoms with van der Waals surface area (Å²) in [5, 5.41) is 7.94. The van der Waals surface area contributed by atoms with Crippen LogP contribution in [0.15, 0.2) is 63.7 Å². The summed E-state index contributed by atoms with van der Waals surface area (Å²) in [6.45, 7) is 0. The molecule has 0 unspecified atom stereocenters. The summed E-state index contributed by atoms with van der Waals surface area (Å²) in [6.07, 6.45) is 0. The average molecular weight is 363 g/mol. The standard InChI is InChI=1S/C16H11F2N3O3S/c17-9-5-6-13(12(18)7-9)20-21-14-8-15(25(22,23)24)10-3-1-2-4-11(10)16(14)19/h1-8H,19H2,(H,22,23,24)/b21-20+. The summed E-state index contributed by atoms with van der Waals surface area (Å²) in [5.74, 6) is -1.70. The van der Waals surface area contributed by atoms with E-state index in [1.165, 1.54) is 6.07 Å². The highest BCUT2D eigenvalue weighted by Crippen LogP contribution is 2.36. The van der Waals surface area contributed by atoms with Gasteiger partial charge in [0.1, 0.15) is 22.1 Å². The highest BCUT2D eigenvalue weighted by Gasteiger charge is 2.18. The Bertz CT molecular complexity index is 1120. The van der Waals surface area contributed by atoms with Crippen LogP contribution >= 0.6 is 0 Å². The number of hydrogen-bond donors (Lipinski definition) is 2. The summed E-state index contributed by atoms with van der Waals surface area (Å²) in [7, 11) is -4.55. The van der Waals surface area contributed by atoms with E-state index in [-0.39, 0.29) is 22.4 Å². The van der Waals surface area contributed by atoms with E-state index in [9.17, 15) is 21.8 Å². The van der Waals surface area contributed by atoms with Crippen LogP contribution in [0, 0.1) is 11.6 Å². The van der Waals surface area contributed by atoms with E-state index in [4.69, 9.17) is 5.73 Å². The number of nitrogens with two attached hydrogens (primary N) is 1. The monoisotopic (exact) mass is 363 g/mol. The lowest BCUT2D eigenvalue weighted by atomic mass is 10.1. The molecule has 3 N–H and O–H groups in total. The summed E-state index contributed by atoms with van der Waals surface area (Å²) in [6, 6.07) is 10.0. The Morgan fingerprint density at radius 1 is 0.920 bits per heavy atom. The fraction of sp³-hybridized carbons (Fsp3) is 0. The Kier molecular flexibility index (Phi) is 4.19. The van der Waals surface area contributed by atoms with Gasteiger partial charge in [0, 0.05) is 16.8 Å². The highest BCUT2D eigenvalue weighted by molar-refractivity contribution is 7.86. The van der Waals surface area contributed by atoms with Crippen LogP contribution in [0.5, 0.6) is 0 Å². The largest absolute Gasteiger partial charge is 0.396 e. The third-order valence-corrected chi connectivity index (χ3v) is 4.37. The van der Waals surface area contributed by atoms with Gasteiger partial charge in [-0.2, -0.15) is 8.42 Å². The highest BCUT2D eigenvalue weighted by atomic mass is 32.2. The number of nitrogens with zero attached hydrogens (tertiary/aromatic N) is 2. The number of fused-ring (bicyclic) bond motifs is 1. The summed E-state index contributed by atoms with van der Waals surface area (Å²) in [4.78, 5) is -0.397. The number of halogens is 2. The van der Waals surface area contributed by atoms with E-state index >= 15 is 0 Å². The van der Waals surface area contributed by atoms with Crippen molar-refractivity contribution in [2.24, 2.45) is 10.2 Å². The number of rotatable bonds is 3. The molecule has 0 aliphatic rings. The number of hydrogen-bond acceptors (Lipinski definition) is 5. The fourth-order valence-electron chi connectivity index (χ4n) is 2.32. The SMILES string of the molecule is Nc1c(/N=N/c2ccc(F)cc2F)cc(S(=O)(=O)O)c2ccccc12. The first-order chi connectivity index (χ1) is 11.8. The smallest absolute Gasteiger partial charge is 0.295 e. The van der Waals surface area contributed by atoms with E-state index in [1.807, 2.05) is 0 Å². The minimum atomic E-state index is -4.55. The number of azo groups is 1. The quantitative estimate of drug-likeness (QED) is 0.410. The number of benzene rings is 3. The van der Waals surface area contributed by atoms with Gasteiger partial charge in [-0.15, -0.1) is 10.2 Å². The van der Waals surface area contributed by atoms with Crippen molar-refractivity contribution in [2.45, 2.75) is 4.90 Å². The van der Waals surface area contributed by atoms with Gasteiger partial charge in [0.15, 0.2) is 5.82 Å². The van der Waals surface area contributed by atoms with E-state index in [2.05, 4.69) is 10.2 Å². The molecule has 0 aromatic heterocycles. The molecule has 9 heteroatoms. The molecule has 0 heterocycles. The molecule has 6 nitrogen and oxygen atoms in total. The second kappa shape index (κ2) is 6.19. The Balaban J connectivity index is 2.19. The van der Waals surface area contributed by atoms with Crippen LogP contribution in [0.1, 0.15) is 0 Å². The predicted molar refractivity (Wildman–Crippen MR) is 88.7 cm³/mol. The zero-order chi connectivity index (χ0) is 18.2. The lowest BCUT2D eigenvalue weighted by molar-refractivity contribution is 0.484. The Hall–Kier alpha value is -2.91. The topological polar surface area (TPSA) is 105 Å². The maximum atomic E-state index is 13.6. The van der Waals surface area contributed by atoms with E-state index in [0.29, 0.717) is 11.5 Å². The lowest BCUT2D eigenvalue weighted by Crippen LogP contribution is -2.01. The molecule has 0 spiro atoms. The molecule has 128 valence electrons. The molecule has 0 radical (unpaired) electrons. The third-order valence-electron chi connectivity index (χ3n) is 3.48. The van der Waals surface area contributed by atoms with Gasteiger partial charge in [0.2, 0.25) is 0 Å². The Labute approximate surface area is 141 Å². The summed E-state index contributed by atoms with van der Waals surface area (Å²) < 4.78 is 59.2. The van der Waals surface area contributed by atoms with Crippen LogP contribution in [0.2, 0.25) is 0 Å². The van der Waals surface area contributed by atoms with Gasteiger partial charge in [-0.05, 0) is 18.2 Å². The molecular weight excluding hydrogens is 352 g/mol. The molecule has 3 rings (SSSR count). The molecule has 0 aliphatic heterocycles. The van der Waals surface area contributed by atoms with Crippen LogP contribution in [-0.2, 0) is 10.1 Å². The van der Waals surface area contributed by atoms with Crippen molar-refractivity contribution < 1.29 is 21.8 Å². The van der Waals surface area contributed by atoms with Gasteiger partial charge in [-0.25, -0.2) is 8.78 Å². The van der Waals surface area contributed by atoms with Gasteiger partial charge < -0.3 is 5.73 Å². The molecule has 0 saturated carbocycles. The maximum Gasteiger partial charge on any atom is 0.295 e. The molecular formula is C16H11F2N3O3S. The van der Waals surface area contributed by atoms with Crippen LogP contribution in [0.4, 0.5) is 25.8 Å². The van der Waals surface area contributed by atoms with Crippen molar-refractivity contribution in [1.29, 1.82) is 0 Å². The molecule has 0 aliphatic carbocycles. The molecule has 0 amide bonds.